The molecule has 0 radical (unpaired) electrons. The van der Waals surface area contributed by atoms with Gasteiger partial charge in [-0.3, -0.25) is 14.5 Å². The molecule has 4 heterocycles. The topological polar surface area (TPSA) is 104 Å². The zero-order valence-corrected chi connectivity index (χ0v) is 19.3. The Balaban J connectivity index is 0.000000913. The van der Waals surface area contributed by atoms with E-state index in [9.17, 15) is 4.79 Å². The molecular weight excluding hydrogens is 408 g/mol. The fourth-order valence-corrected chi connectivity index (χ4v) is 4.97. The van der Waals surface area contributed by atoms with Crippen molar-refractivity contribution >= 4 is 12.4 Å². The lowest BCUT2D eigenvalue weighted by molar-refractivity contribution is -0.122. The van der Waals surface area contributed by atoms with E-state index >= 15 is 0 Å². The average Bonchev–Trinajstić information content (AvgIpc) is 3.19. The third-order valence-electron chi connectivity index (χ3n) is 6.85. The molecule has 0 unspecified atom stereocenters. The van der Waals surface area contributed by atoms with E-state index in [0.29, 0.717) is 5.56 Å². The fraction of sp³-hybridized carbons (Fsp3) is 0.609. The van der Waals surface area contributed by atoms with Crippen molar-refractivity contribution in [3.8, 4) is 0 Å². The van der Waals surface area contributed by atoms with Gasteiger partial charge in [0, 0.05) is 32.5 Å². The average molecular weight is 443 g/mol. The van der Waals surface area contributed by atoms with E-state index in [1.54, 1.807) is 0 Å². The van der Waals surface area contributed by atoms with Gasteiger partial charge in [0.15, 0.2) is 0 Å². The molecule has 2 saturated heterocycles. The van der Waals surface area contributed by atoms with E-state index in [4.69, 9.17) is 9.90 Å². The van der Waals surface area contributed by atoms with Crippen molar-refractivity contribution in [1.82, 2.24) is 29.3 Å². The Bertz CT molecular complexity index is 879. The van der Waals surface area contributed by atoms with E-state index < -0.39 is 0 Å². The number of aromatic nitrogens is 4. The lowest BCUT2D eigenvalue weighted by Crippen LogP contribution is -2.43. The summed E-state index contributed by atoms with van der Waals surface area (Å²) in [5.41, 5.74) is 2.25. The number of imidazole rings is 1. The molecule has 32 heavy (non-hydrogen) atoms. The van der Waals surface area contributed by atoms with Gasteiger partial charge in [-0.05, 0) is 64.5 Å². The molecular formula is C23H34N6O3. The quantitative estimate of drug-likeness (QED) is 0.725. The smallest absolute Gasteiger partial charge is 0.290 e. The van der Waals surface area contributed by atoms with E-state index in [1.165, 1.54) is 19.2 Å². The summed E-state index contributed by atoms with van der Waals surface area (Å²) in [6, 6.07) is 0. The highest BCUT2D eigenvalue weighted by Gasteiger charge is 2.32. The molecule has 2 aromatic rings. The van der Waals surface area contributed by atoms with Gasteiger partial charge < -0.3 is 14.6 Å². The second-order valence-electron chi connectivity index (χ2n) is 8.72. The van der Waals surface area contributed by atoms with Crippen molar-refractivity contribution in [2.75, 3.05) is 26.2 Å². The van der Waals surface area contributed by atoms with Gasteiger partial charge in [-0.1, -0.05) is 0 Å². The molecule has 0 spiro atoms. The van der Waals surface area contributed by atoms with Crippen molar-refractivity contribution in [3.05, 3.63) is 41.5 Å². The summed E-state index contributed by atoms with van der Waals surface area (Å²) in [5, 5.41) is 6.89. The van der Waals surface area contributed by atoms with Crippen LogP contribution in [-0.4, -0.2) is 73.0 Å². The molecule has 2 aromatic heterocycles. The van der Waals surface area contributed by atoms with Crippen molar-refractivity contribution < 1.29 is 14.7 Å². The summed E-state index contributed by atoms with van der Waals surface area (Å²) in [6.07, 6.45) is 10.2. The maximum Gasteiger partial charge on any atom is 0.290 e. The number of carboxylic acid groups (broad SMARTS) is 1. The zero-order valence-electron chi connectivity index (χ0n) is 19.3. The Labute approximate surface area is 189 Å². The highest BCUT2D eigenvalue weighted by Crippen LogP contribution is 2.33. The van der Waals surface area contributed by atoms with Gasteiger partial charge in [0.1, 0.15) is 12.2 Å². The maximum absolute atomic E-state index is 13.0. The minimum absolute atomic E-state index is 0.101. The third kappa shape index (κ3) is 5.70. The van der Waals surface area contributed by atoms with Crippen LogP contribution >= 0.6 is 0 Å². The van der Waals surface area contributed by atoms with Gasteiger partial charge in [-0.25, -0.2) is 15.0 Å². The lowest BCUT2D eigenvalue weighted by Gasteiger charge is -2.40. The number of piperidine rings is 2. The molecule has 1 amide bonds. The molecule has 2 aliphatic heterocycles. The molecule has 0 atom stereocenters. The highest BCUT2D eigenvalue weighted by atomic mass is 16.3. The van der Waals surface area contributed by atoms with Crippen molar-refractivity contribution in [3.63, 3.8) is 0 Å². The molecule has 174 valence electrons. The Kier molecular flexibility index (Phi) is 8.33. The minimum atomic E-state index is -0.250. The van der Waals surface area contributed by atoms with Crippen LogP contribution in [0.4, 0.5) is 0 Å². The van der Waals surface area contributed by atoms with E-state index in [-0.39, 0.29) is 12.4 Å². The molecule has 0 aliphatic carbocycles. The molecule has 9 heteroatoms. The molecule has 0 bridgehead atoms. The second kappa shape index (κ2) is 11.2. The van der Waals surface area contributed by atoms with Crippen LogP contribution in [0.25, 0.3) is 0 Å². The van der Waals surface area contributed by atoms with Crippen molar-refractivity contribution in [1.29, 1.82) is 0 Å². The number of rotatable bonds is 4. The van der Waals surface area contributed by atoms with Gasteiger partial charge in [0.25, 0.3) is 12.4 Å². The number of amides is 1. The predicted octanol–water partition coefficient (Wildman–Crippen LogP) is 2.29. The first-order valence-electron chi connectivity index (χ1n) is 11.3. The summed E-state index contributed by atoms with van der Waals surface area (Å²) in [5.74, 6) is 2.77. The summed E-state index contributed by atoms with van der Waals surface area (Å²) in [4.78, 5) is 38.8. The normalized spacial score (nSPS) is 18.2. The van der Waals surface area contributed by atoms with Crippen LogP contribution in [-0.2, 0) is 18.4 Å². The van der Waals surface area contributed by atoms with Crippen LogP contribution in [0.3, 0.4) is 0 Å². The first kappa shape index (κ1) is 23.8. The molecule has 9 nitrogen and oxygen atoms in total. The fourth-order valence-electron chi connectivity index (χ4n) is 4.97. The van der Waals surface area contributed by atoms with Crippen LogP contribution in [0.5, 0.6) is 0 Å². The number of carbonyl (C=O) groups excluding carboxylic acids is 1. The van der Waals surface area contributed by atoms with Gasteiger partial charge in [0.05, 0.1) is 23.5 Å². The van der Waals surface area contributed by atoms with E-state index in [0.717, 1.165) is 74.6 Å². The Morgan fingerprint density at radius 3 is 2.06 bits per heavy atom. The number of nitrogens with zero attached hydrogens (tertiary/aromatic N) is 6. The van der Waals surface area contributed by atoms with Gasteiger partial charge >= 0.3 is 0 Å². The summed E-state index contributed by atoms with van der Waals surface area (Å²) in [6.45, 7) is 8.49. The Morgan fingerprint density at radius 2 is 1.56 bits per heavy atom. The van der Waals surface area contributed by atoms with E-state index in [1.807, 2.05) is 31.1 Å². The molecule has 0 saturated carbocycles. The van der Waals surface area contributed by atoms with Crippen LogP contribution in [0, 0.1) is 25.7 Å². The molecule has 4 rings (SSSR count). The van der Waals surface area contributed by atoms with Gasteiger partial charge in [0.2, 0.25) is 0 Å². The SMILES string of the molecule is Cc1ncnc(C)c1C(=O)N1CCC(C2CCN(Cc3nccn3C)CC2)CC1.O=CO. The largest absolute Gasteiger partial charge is 0.483 e. The molecule has 0 aromatic carbocycles. The number of carbonyl (C=O) groups is 2. The van der Waals surface area contributed by atoms with Crippen LogP contribution < -0.4 is 0 Å². The third-order valence-corrected chi connectivity index (χ3v) is 6.85. The standard InChI is InChI=1S/C22H32N6O.CH2O2/c1-16-21(17(2)25-15-24-16)22(29)28-11-6-19(7-12-28)18-4-9-27(10-5-18)14-20-23-8-13-26(20)3;2-1-3/h8,13,15,18-19H,4-7,9-12,14H2,1-3H3;1H,(H,2,3). The number of hydrogen-bond acceptors (Lipinski definition) is 6. The van der Waals surface area contributed by atoms with Crippen molar-refractivity contribution in [2.24, 2.45) is 18.9 Å². The number of likely N-dealkylation sites (tertiary alicyclic amines) is 2. The van der Waals surface area contributed by atoms with Gasteiger partial charge in [-0.2, -0.15) is 0 Å². The highest BCUT2D eigenvalue weighted by molar-refractivity contribution is 5.96. The van der Waals surface area contributed by atoms with Crippen LogP contribution in [0.2, 0.25) is 0 Å². The lowest BCUT2D eigenvalue weighted by atomic mass is 9.78. The second-order valence-corrected chi connectivity index (χ2v) is 8.72. The minimum Gasteiger partial charge on any atom is -0.483 e. The molecule has 2 aliphatic rings. The van der Waals surface area contributed by atoms with E-state index in [2.05, 4.69) is 31.5 Å². The van der Waals surface area contributed by atoms with Crippen molar-refractivity contribution in [2.45, 2.75) is 46.1 Å². The first-order chi connectivity index (χ1) is 15.4. The Morgan fingerprint density at radius 1 is 1.03 bits per heavy atom. The Hall–Kier alpha value is -2.81. The van der Waals surface area contributed by atoms with Gasteiger partial charge in [-0.15, -0.1) is 0 Å². The summed E-state index contributed by atoms with van der Waals surface area (Å²) >= 11 is 0. The first-order valence-corrected chi connectivity index (χ1v) is 11.3. The number of aryl methyl sites for hydroxylation is 3. The zero-order chi connectivity index (χ0) is 23.1. The van der Waals surface area contributed by atoms with Crippen LogP contribution in [0.1, 0.15) is 53.3 Å². The molecule has 1 N–H and O–H groups in total. The predicted molar refractivity (Wildman–Crippen MR) is 120 cm³/mol. The molecule has 2 fully saturated rings. The summed E-state index contributed by atoms with van der Waals surface area (Å²) < 4.78 is 2.11. The van der Waals surface area contributed by atoms with Crippen LogP contribution in [0.15, 0.2) is 18.7 Å². The monoisotopic (exact) mass is 442 g/mol. The summed E-state index contributed by atoms with van der Waals surface area (Å²) in [7, 11) is 2.06. The number of hydrogen-bond donors (Lipinski definition) is 1. The maximum atomic E-state index is 13.0.